The Hall–Kier alpha value is -1.03. The summed E-state index contributed by atoms with van der Waals surface area (Å²) in [5.41, 5.74) is 1.72. The molecule has 0 saturated heterocycles. The Kier molecular flexibility index (Phi) is 3.52. The SMILES string of the molecule is CN(C1CCCC1)C(O)c1cc2cccc(Cl)c2[nH]1. The van der Waals surface area contributed by atoms with Crippen molar-refractivity contribution in [2.75, 3.05) is 7.05 Å². The molecule has 1 heterocycles. The Bertz CT molecular complexity index is 575. The van der Waals surface area contributed by atoms with Crippen molar-refractivity contribution in [3.63, 3.8) is 0 Å². The maximum absolute atomic E-state index is 10.5. The van der Waals surface area contributed by atoms with Gasteiger partial charge in [0.15, 0.2) is 0 Å². The first-order valence-corrected chi connectivity index (χ1v) is 7.22. The lowest BCUT2D eigenvalue weighted by Gasteiger charge is -2.28. The van der Waals surface area contributed by atoms with Crippen LogP contribution in [0.25, 0.3) is 10.9 Å². The number of fused-ring (bicyclic) bond motifs is 1. The van der Waals surface area contributed by atoms with Crippen molar-refractivity contribution < 1.29 is 5.11 Å². The lowest BCUT2D eigenvalue weighted by molar-refractivity contribution is -0.00906. The minimum absolute atomic E-state index is 0.483. The predicted molar refractivity (Wildman–Crippen MR) is 78.3 cm³/mol. The third-order valence-electron chi connectivity index (χ3n) is 4.19. The molecule has 4 heteroatoms. The van der Waals surface area contributed by atoms with Crippen molar-refractivity contribution in [1.29, 1.82) is 0 Å². The van der Waals surface area contributed by atoms with Gasteiger partial charge in [0.25, 0.3) is 0 Å². The summed E-state index contributed by atoms with van der Waals surface area (Å²) in [4.78, 5) is 5.31. The van der Waals surface area contributed by atoms with Crippen LogP contribution in [0.1, 0.15) is 37.6 Å². The van der Waals surface area contributed by atoms with Crippen LogP contribution in [-0.4, -0.2) is 28.1 Å². The number of para-hydroxylation sites is 1. The van der Waals surface area contributed by atoms with Crippen molar-refractivity contribution in [3.8, 4) is 0 Å². The molecule has 0 aliphatic heterocycles. The van der Waals surface area contributed by atoms with Gasteiger partial charge in [0.2, 0.25) is 0 Å². The van der Waals surface area contributed by atoms with Crippen LogP contribution in [0.4, 0.5) is 0 Å². The Morgan fingerprint density at radius 3 is 2.79 bits per heavy atom. The summed E-state index contributed by atoms with van der Waals surface area (Å²) in [7, 11) is 1.99. The molecule has 1 aromatic heterocycles. The summed E-state index contributed by atoms with van der Waals surface area (Å²) in [6.07, 6.45) is 4.29. The van der Waals surface area contributed by atoms with Gasteiger partial charge in [0.05, 0.1) is 16.2 Å². The van der Waals surface area contributed by atoms with Crippen molar-refractivity contribution in [1.82, 2.24) is 9.88 Å². The molecule has 0 amide bonds. The van der Waals surface area contributed by atoms with Gasteiger partial charge in [0, 0.05) is 11.4 Å². The molecule has 1 unspecified atom stereocenters. The van der Waals surface area contributed by atoms with Gasteiger partial charge in [-0.1, -0.05) is 36.6 Å². The van der Waals surface area contributed by atoms with Crippen LogP contribution in [0.15, 0.2) is 24.3 Å². The monoisotopic (exact) mass is 278 g/mol. The van der Waals surface area contributed by atoms with Crippen molar-refractivity contribution in [2.24, 2.45) is 0 Å². The highest BCUT2D eigenvalue weighted by molar-refractivity contribution is 6.35. The molecular formula is C15H19ClN2O. The van der Waals surface area contributed by atoms with E-state index < -0.39 is 6.23 Å². The van der Waals surface area contributed by atoms with Crippen LogP contribution in [0.3, 0.4) is 0 Å². The largest absolute Gasteiger partial charge is 0.373 e. The zero-order valence-corrected chi connectivity index (χ0v) is 11.8. The molecule has 1 fully saturated rings. The molecule has 0 radical (unpaired) electrons. The van der Waals surface area contributed by atoms with E-state index in [4.69, 9.17) is 11.6 Å². The molecule has 1 aliphatic carbocycles. The van der Waals surface area contributed by atoms with Gasteiger partial charge in [-0.05, 0) is 32.0 Å². The standard InChI is InChI=1S/C15H19ClN2O/c1-18(11-6-2-3-7-11)15(19)13-9-10-5-4-8-12(16)14(10)17-13/h4-5,8-9,11,15,17,19H,2-3,6-7H2,1H3. The number of halogens is 1. The molecule has 19 heavy (non-hydrogen) atoms. The Labute approximate surface area is 118 Å². The number of rotatable bonds is 3. The fraction of sp³-hybridized carbons (Fsp3) is 0.467. The van der Waals surface area contributed by atoms with Crippen LogP contribution in [-0.2, 0) is 0 Å². The van der Waals surface area contributed by atoms with E-state index in [1.165, 1.54) is 25.7 Å². The maximum atomic E-state index is 10.5. The van der Waals surface area contributed by atoms with E-state index in [0.29, 0.717) is 11.1 Å². The minimum Gasteiger partial charge on any atom is -0.373 e. The van der Waals surface area contributed by atoms with Gasteiger partial charge < -0.3 is 10.1 Å². The number of aliphatic hydroxyl groups excluding tert-OH is 1. The van der Waals surface area contributed by atoms with Crippen LogP contribution in [0.5, 0.6) is 0 Å². The molecule has 1 atom stereocenters. The van der Waals surface area contributed by atoms with Crippen LogP contribution in [0, 0.1) is 0 Å². The first-order valence-electron chi connectivity index (χ1n) is 6.84. The van der Waals surface area contributed by atoms with E-state index >= 15 is 0 Å². The molecule has 3 nitrogen and oxygen atoms in total. The molecule has 102 valence electrons. The molecular weight excluding hydrogens is 260 g/mol. The highest BCUT2D eigenvalue weighted by Crippen LogP contribution is 2.31. The average molecular weight is 279 g/mol. The summed E-state index contributed by atoms with van der Waals surface area (Å²) in [5.74, 6) is 0. The zero-order chi connectivity index (χ0) is 13.4. The molecule has 2 N–H and O–H groups in total. The van der Waals surface area contributed by atoms with Gasteiger partial charge in [-0.2, -0.15) is 0 Å². The van der Waals surface area contributed by atoms with Crippen molar-refractivity contribution in [3.05, 3.63) is 35.0 Å². The van der Waals surface area contributed by atoms with Gasteiger partial charge >= 0.3 is 0 Å². The van der Waals surface area contributed by atoms with E-state index in [9.17, 15) is 5.11 Å². The number of aromatic nitrogens is 1. The molecule has 0 bridgehead atoms. The topological polar surface area (TPSA) is 39.3 Å². The number of H-pyrrole nitrogens is 1. The predicted octanol–water partition coefficient (Wildman–Crippen LogP) is 3.69. The average Bonchev–Trinajstić information content (AvgIpc) is 3.06. The van der Waals surface area contributed by atoms with Crippen LogP contribution in [0.2, 0.25) is 5.02 Å². The molecule has 3 rings (SSSR count). The first-order chi connectivity index (χ1) is 9.16. The number of hydrogen-bond donors (Lipinski definition) is 2. The Morgan fingerprint density at radius 1 is 1.37 bits per heavy atom. The van der Waals surface area contributed by atoms with E-state index in [1.54, 1.807) is 0 Å². The molecule has 0 spiro atoms. The number of aliphatic hydroxyl groups is 1. The van der Waals surface area contributed by atoms with Crippen molar-refractivity contribution >= 4 is 22.5 Å². The zero-order valence-electron chi connectivity index (χ0n) is 11.1. The van der Waals surface area contributed by atoms with E-state index in [2.05, 4.69) is 9.88 Å². The third kappa shape index (κ3) is 2.38. The Balaban J connectivity index is 1.88. The smallest absolute Gasteiger partial charge is 0.148 e. The van der Waals surface area contributed by atoms with Gasteiger partial charge in [0.1, 0.15) is 6.23 Å². The normalized spacial score (nSPS) is 18.5. The number of nitrogens with zero attached hydrogens (tertiary/aromatic N) is 1. The highest BCUT2D eigenvalue weighted by Gasteiger charge is 2.26. The van der Waals surface area contributed by atoms with E-state index in [1.807, 2.05) is 31.3 Å². The fourth-order valence-electron chi connectivity index (χ4n) is 3.01. The van der Waals surface area contributed by atoms with Gasteiger partial charge in [-0.25, -0.2) is 0 Å². The van der Waals surface area contributed by atoms with Crippen LogP contribution < -0.4 is 0 Å². The fourth-order valence-corrected chi connectivity index (χ4v) is 3.24. The number of benzene rings is 1. The first kappa shape index (κ1) is 13.0. The molecule has 1 aromatic carbocycles. The summed E-state index contributed by atoms with van der Waals surface area (Å²) >= 11 is 6.16. The molecule has 1 aliphatic rings. The summed E-state index contributed by atoms with van der Waals surface area (Å²) in [5, 5.41) is 12.2. The lowest BCUT2D eigenvalue weighted by atomic mass is 10.2. The lowest BCUT2D eigenvalue weighted by Crippen LogP contribution is -2.33. The number of hydrogen-bond acceptors (Lipinski definition) is 2. The van der Waals surface area contributed by atoms with Crippen LogP contribution >= 0.6 is 11.6 Å². The van der Waals surface area contributed by atoms with Gasteiger partial charge in [-0.15, -0.1) is 0 Å². The number of nitrogens with one attached hydrogen (secondary N) is 1. The molecule has 2 aromatic rings. The van der Waals surface area contributed by atoms with Gasteiger partial charge in [-0.3, -0.25) is 4.90 Å². The second kappa shape index (κ2) is 5.16. The summed E-state index contributed by atoms with van der Waals surface area (Å²) in [6.45, 7) is 0. The second-order valence-corrected chi connectivity index (χ2v) is 5.81. The molecule has 1 saturated carbocycles. The minimum atomic E-state index is -0.591. The Morgan fingerprint density at radius 2 is 2.11 bits per heavy atom. The highest BCUT2D eigenvalue weighted by atomic mass is 35.5. The van der Waals surface area contributed by atoms with E-state index in [0.717, 1.165) is 16.6 Å². The quantitative estimate of drug-likeness (QED) is 0.841. The third-order valence-corrected chi connectivity index (χ3v) is 4.51. The second-order valence-electron chi connectivity index (χ2n) is 5.41. The maximum Gasteiger partial charge on any atom is 0.148 e. The summed E-state index contributed by atoms with van der Waals surface area (Å²) < 4.78 is 0. The summed E-state index contributed by atoms with van der Waals surface area (Å²) in [6, 6.07) is 8.25. The van der Waals surface area contributed by atoms with Crippen molar-refractivity contribution in [2.45, 2.75) is 38.0 Å². The van der Waals surface area contributed by atoms with E-state index in [-0.39, 0.29) is 0 Å². The number of aromatic amines is 1.